The van der Waals surface area contributed by atoms with Crippen LogP contribution in [0.3, 0.4) is 0 Å². The zero-order chi connectivity index (χ0) is 28.1. The fraction of sp³-hybridized carbons (Fsp3) is 0.0732. The molecule has 1 aliphatic heterocycles. The highest BCUT2D eigenvalue weighted by atomic mass is 32.2. The average molecular weight is 566 g/mol. The van der Waals surface area contributed by atoms with Gasteiger partial charge in [-0.05, 0) is 74.8 Å². The molecule has 7 aromatic rings. The number of nitrogens with zero attached hydrogens (tertiary/aromatic N) is 1. The maximum Gasteiger partial charge on any atom is 0.0736 e. The van der Waals surface area contributed by atoms with Gasteiger partial charge in [-0.2, -0.15) is 0 Å². The molecule has 1 unspecified atom stereocenters. The van der Waals surface area contributed by atoms with E-state index in [1.165, 1.54) is 75.7 Å². The van der Waals surface area contributed by atoms with Gasteiger partial charge in [0.25, 0.3) is 0 Å². The normalized spacial score (nSPS) is 17.3. The van der Waals surface area contributed by atoms with E-state index in [0.29, 0.717) is 0 Å². The van der Waals surface area contributed by atoms with E-state index >= 15 is 0 Å². The Morgan fingerprint density at radius 2 is 1.30 bits per heavy atom. The summed E-state index contributed by atoms with van der Waals surface area (Å²) >= 11 is 1.93. The maximum absolute atomic E-state index is 2.61. The first kappa shape index (κ1) is 23.7. The highest BCUT2D eigenvalue weighted by molar-refractivity contribution is 7.99. The van der Waals surface area contributed by atoms with Gasteiger partial charge in [0.15, 0.2) is 0 Å². The monoisotopic (exact) mass is 565 g/mol. The molecule has 1 spiro atoms. The van der Waals surface area contributed by atoms with Gasteiger partial charge in [-0.25, -0.2) is 0 Å². The molecule has 43 heavy (non-hydrogen) atoms. The van der Waals surface area contributed by atoms with Crippen molar-refractivity contribution in [1.82, 2.24) is 4.57 Å². The SMILES string of the molecule is C1=CCC(n2c3cc4c(cc3c3c5ccccc5ccc32)Sc2ccccc2C42c3ccccc3-c3ccccc32)C=C1. The maximum atomic E-state index is 2.61. The third kappa shape index (κ3) is 2.99. The fourth-order valence-corrected chi connectivity index (χ4v) is 9.49. The molecular weight excluding hydrogens is 539 g/mol. The van der Waals surface area contributed by atoms with Gasteiger partial charge in [-0.3, -0.25) is 0 Å². The lowest BCUT2D eigenvalue weighted by Crippen LogP contribution is -2.32. The van der Waals surface area contributed by atoms with Crippen molar-refractivity contribution in [2.75, 3.05) is 0 Å². The first-order valence-electron chi connectivity index (χ1n) is 15.1. The van der Waals surface area contributed by atoms with Gasteiger partial charge in [0.1, 0.15) is 0 Å². The molecule has 0 saturated heterocycles. The molecule has 0 fully saturated rings. The van der Waals surface area contributed by atoms with Gasteiger partial charge in [0.2, 0.25) is 0 Å². The average Bonchev–Trinajstić information content (AvgIpc) is 3.55. The lowest BCUT2D eigenvalue weighted by atomic mass is 9.67. The van der Waals surface area contributed by atoms with Crippen LogP contribution in [-0.4, -0.2) is 4.57 Å². The smallest absolute Gasteiger partial charge is 0.0736 e. The lowest BCUT2D eigenvalue weighted by Gasteiger charge is -2.39. The van der Waals surface area contributed by atoms with Crippen LogP contribution < -0.4 is 0 Å². The fourth-order valence-electron chi connectivity index (χ4n) is 8.28. The van der Waals surface area contributed by atoms with Crippen LogP contribution in [0, 0.1) is 0 Å². The van der Waals surface area contributed by atoms with Crippen molar-refractivity contribution in [2.24, 2.45) is 0 Å². The van der Waals surface area contributed by atoms with Crippen LogP contribution in [0.25, 0.3) is 43.7 Å². The number of hydrogen-bond donors (Lipinski definition) is 0. The van der Waals surface area contributed by atoms with Crippen LogP contribution in [0.15, 0.2) is 155 Å². The summed E-state index contributed by atoms with van der Waals surface area (Å²) in [6.07, 6.45) is 10.1. The molecule has 1 aromatic heterocycles. The minimum Gasteiger partial charge on any atom is -0.333 e. The van der Waals surface area contributed by atoms with Gasteiger partial charge in [0, 0.05) is 20.6 Å². The highest BCUT2D eigenvalue weighted by Gasteiger charge is 2.50. The molecule has 202 valence electrons. The first-order valence-corrected chi connectivity index (χ1v) is 16.0. The summed E-state index contributed by atoms with van der Waals surface area (Å²) in [5.41, 5.74) is 10.5. The zero-order valence-corrected chi connectivity index (χ0v) is 24.3. The van der Waals surface area contributed by atoms with Gasteiger partial charge in [0.05, 0.1) is 22.5 Å². The Kier molecular flexibility index (Phi) is 4.76. The molecule has 0 N–H and O–H groups in total. The second-order valence-corrected chi connectivity index (χ2v) is 13.1. The van der Waals surface area contributed by atoms with Crippen molar-refractivity contribution in [3.63, 3.8) is 0 Å². The van der Waals surface area contributed by atoms with Crippen molar-refractivity contribution in [3.8, 4) is 11.1 Å². The van der Waals surface area contributed by atoms with Crippen LogP contribution in [-0.2, 0) is 5.41 Å². The molecule has 2 heteroatoms. The van der Waals surface area contributed by atoms with Crippen molar-refractivity contribution in [1.29, 1.82) is 0 Å². The minimum atomic E-state index is -0.371. The summed E-state index contributed by atoms with van der Waals surface area (Å²) in [5.74, 6) is 0. The molecule has 0 saturated carbocycles. The lowest BCUT2D eigenvalue weighted by molar-refractivity contribution is 0.646. The summed E-state index contributed by atoms with van der Waals surface area (Å²) < 4.78 is 2.61. The third-order valence-electron chi connectivity index (χ3n) is 9.95. The number of fused-ring (bicyclic) bond motifs is 14. The Balaban J connectivity index is 1.40. The van der Waals surface area contributed by atoms with Crippen molar-refractivity contribution >= 4 is 44.3 Å². The first-order chi connectivity index (χ1) is 21.3. The van der Waals surface area contributed by atoms with E-state index in [-0.39, 0.29) is 11.5 Å². The van der Waals surface area contributed by atoms with E-state index in [4.69, 9.17) is 0 Å². The van der Waals surface area contributed by atoms with Crippen molar-refractivity contribution in [2.45, 2.75) is 27.7 Å². The van der Waals surface area contributed by atoms with Gasteiger partial charge >= 0.3 is 0 Å². The predicted octanol–water partition coefficient (Wildman–Crippen LogP) is 10.8. The number of allylic oxidation sites excluding steroid dienone is 4. The number of hydrogen-bond acceptors (Lipinski definition) is 1. The summed E-state index contributed by atoms with van der Waals surface area (Å²) in [6.45, 7) is 0. The van der Waals surface area contributed by atoms with Crippen LogP contribution >= 0.6 is 11.8 Å². The predicted molar refractivity (Wildman–Crippen MR) is 180 cm³/mol. The molecule has 6 aromatic carbocycles. The molecule has 1 nitrogen and oxygen atoms in total. The Labute approximate surface area is 254 Å². The molecule has 0 bridgehead atoms. The largest absolute Gasteiger partial charge is 0.333 e. The topological polar surface area (TPSA) is 4.93 Å². The van der Waals surface area contributed by atoms with E-state index in [9.17, 15) is 0 Å². The second-order valence-electron chi connectivity index (χ2n) is 12.0. The van der Waals surface area contributed by atoms with Gasteiger partial charge in [-0.15, -0.1) is 0 Å². The van der Waals surface area contributed by atoms with E-state index in [0.717, 1.165) is 6.42 Å². The molecule has 3 aliphatic rings. The molecule has 2 heterocycles. The van der Waals surface area contributed by atoms with Crippen LogP contribution in [0.4, 0.5) is 0 Å². The second kappa shape index (κ2) is 8.63. The number of benzene rings is 6. The van der Waals surface area contributed by atoms with Crippen LogP contribution in [0.1, 0.15) is 34.7 Å². The number of aromatic nitrogens is 1. The van der Waals surface area contributed by atoms with Crippen molar-refractivity contribution < 1.29 is 0 Å². The van der Waals surface area contributed by atoms with Crippen molar-refractivity contribution in [3.05, 3.63) is 168 Å². The molecule has 1 atom stereocenters. The van der Waals surface area contributed by atoms with E-state index < -0.39 is 0 Å². The van der Waals surface area contributed by atoms with Gasteiger partial charge in [-0.1, -0.05) is 133 Å². The Bertz CT molecular complexity index is 2320. The Morgan fingerprint density at radius 1 is 0.581 bits per heavy atom. The molecular formula is C41H27NS. The minimum absolute atomic E-state index is 0.270. The standard InChI is InChI=1S/C41H27NS/c1-2-13-27(14-3-1)42-36-23-22-26-12-4-5-15-28(26)40(36)31-24-39-35(25-37(31)42)41(34-20-10-11-21-38(34)43-39)32-18-8-6-16-29(32)30-17-7-9-19-33(30)41/h1-13,15-25,27H,14H2. The number of rotatable bonds is 1. The molecule has 0 amide bonds. The van der Waals surface area contributed by atoms with Crippen LogP contribution in [0.2, 0.25) is 0 Å². The van der Waals surface area contributed by atoms with E-state index in [1.54, 1.807) is 0 Å². The van der Waals surface area contributed by atoms with Crippen LogP contribution in [0.5, 0.6) is 0 Å². The summed E-state index contributed by atoms with van der Waals surface area (Å²) in [5, 5.41) is 5.32. The Morgan fingerprint density at radius 3 is 2.09 bits per heavy atom. The third-order valence-corrected chi connectivity index (χ3v) is 11.1. The molecule has 0 radical (unpaired) electrons. The Hall–Kier alpha value is -4.79. The molecule has 2 aliphatic carbocycles. The van der Waals surface area contributed by atoms with E-state index in [1.807, 2.05) is 11.8 Å². The quantitative estimate of drug-likeness (QED) is 0.192. The van der Waals surface area contributed by atoms with E-state index in [2.05, 4.69) is 150 Å². The summed E-state index contributed by atoms with van der Waals surface area (Å²) in [7, 11) is 0. The summed E-state index contributed by atoms with van der Waals surface area (Å²) in [4.78, 5) is 2.69. The zero-order valence-electron chi connectivity index (χ0n) is 23.5. The summed E-state index contributed by atoms with van der Waals surface area (Å²) in [6, 6.07) is 46.1. The highest BCUT2D eigenvalue weighted by Crippen LogP contribution is 2.62. The van der Waals surface area contributed by atoms with Gasteiger partial charge < -0.3 is 4.57 Å². The molecule has 10 rings (SSSR count).